The summed E-state index contributed by atoms with van der Waals surface area (Å²) < 4.78 is 5.09. The van der Waals surface area contributed by atoms with Crippen molar-refractivity contribution in [2.75, 3.05) is 36.6 Å². The van der Waals surface area contributed by atoms with E-state index in [2.05, 4.69) is 21.8 Å². The lowest BCUT2D eigenvalue weighted by Gasteiger charge is -2.31. The molecule has 6 heteroatoms. The van der Waals surface area contributed by atoms with E-state index in [4.69, 9.17) is 10.5 Å². The molecule has 0 radical (unpaired) electrons. The normalized spacial score (nSPS) is 20.9. The van der Waals surface area contributed by atoms with Gasteiger partial charge >= 0.3 is 0 Å². The molecular weight excluding hydrogens is 224 g/mol. The predicted molar refractivity (Wildman–Crippen MR) is 67.1 cm³/mol. The summed E-state index contributed by atoms with van der Waals surface area (Å²) in [5.74, 6) is 2.76. The second-order valence-corrected chi connectivity index (χ2v) is 5.30. The van der Waals surface area contributed by atoms with Crippen LogP contribution in [0.5, 0.6) is 5.88 Å². The van der Waals surface area contributed by atoms with Crippen LogP contribution in [-0.2, 0) is 0 Å². The molecule has 0 amide bonds. The number of hydrogen-bond donors (Lipinski definition) is 1. The maximum atomic E-state index is 5.64. The summed E-state index contributed by atoms with van der Waals surface area (Å²) in [4.78, 5) is 10.4. The Morgan fingerprint density at radius 3 is 3.06 bits per heavy atom. The highest BCUT2D eigenvalue weighted by molar-refractivity contribution is 8.00. The van der Waals surface area contributed by atoms with E-state index in [1.54, 1.807) is 7.11 Å². The van der Waals surface area contributed by atoms with Gasteiger partial charge in [-0.15, -0.1) is 0 Å². The third kappa shape index (κ3) is 2.49. The quantitative estimate of drug-likeness (QED) is 0.832. The maximum absolute atomic E-state index is 5.64. The smallest absolute Gasteiger partial charge is 0.225 e. The zero-order chi connectivity index (χ0) is 11.5. The first kappa shape index (κ1) is 11.3. The Kier molecular flexibility index (Phi) is 3.38. The number of thioether (sulfide) groups is 1. The SMILES string of the molecule is COc1cc(N2CCSC(C)C2)nc(N)n1. The van der Waals surface area contributed by atoms with Gasteiger partial charge in [-0.05, 0) is 0 Å². The fraction of sp³-hybridized carbons (Fsp3) is 0.600. The summed E-state index contributed by atoms with van der Waals surface area (Å²) in [5.41, 5.74) is 5.64. The minimum atomic E-state index is 0.264. The number of nitrogens with zero attached hydrogens (tertiary/aromatic N) is 3. The van der Waals surface area contributed by atoms with E-state index >= 15 is 0 Å². The summed E-state index contributed by atoms with van der Waals surface area (Å²) >= 11 is 1.98. The molecule has 0 spiro atoms. The highest BCUT2D eigenvalue weighted by atomic mass is 32.2. The number of aromatic nitrogens is 2. The molecule has 1 aromatic heterocycles. The number of rotatable bonds is 2. The van der Waals surface area contributed by atoms with E-state index in [-0.39, 0.29) is 5.95 Å². The van der Waals surface area contributed by atoms with Gasteiger partial charge in [0.2, 0.25) is 11.8 Å². The van der Waals surface area contributed by atoms with Gasteiger partial charge in [-0.3, -0.25) is 0 Å². The maximum Gasteiger partial charge on any atom is 0.225 e. The van der Waals surface area contributed by atoms with Gasteiger partial charge in [0.25, 0.3) is 0 Å². The van der Waals surface area contributed by atoms with Crippen LogP contribution in [0.25, 0.3) is 0 Å². The Morgan fingerprint density at radius 2 is 2.38 bits per heavy atom. The van der Waals surface area contributed by atoms with Crippen molar-refractivity contribution < 1.29 is 4.74 Å². The van der Waals surface area contributed by atoms with Crippen molar-refractivity contribution in [1.29, 1.82) is 0 Å². The lowest BCUT2D eigenvalue weighted by atomic mass is 10.3. The Labute approximate surface area is 99.4 Å². The van der Waals surface area contributed by atoms with Gasteiger partial charge in [0.05, 0.1) is 7.11 Å². The molecule has 5 nitrogen and oxygen atoms in total. The van der Waals surface area contributed by atoms with Crippen LogP contribution in [0.1, 0.15) is 6.92 Å². The molecule has 2 N–H and O–H groups in total. The van der Waals surface area contributed by atoms with Crippen LogP contribution >= 0.6 is 11.8 Å². The first-order valence-corrected chi connectivity index (χ1v) is 6.29. The van der Waals surface area contributed by atoms with E-state index < -0.39 is 0 Å². The number of methoxy groups -OCH3 is 1. The lowest BCUT2D eigenvalue weighted by Crippen LogP contribution is -2.37. The van der Waals surface area contributed by atoms with Crippen LogP contribution in [0.3, 0.4) is 0 Å². The molecule has 1 aliphatic rings. The van der Waals surface area contributed by atoms with E-state index in [0.717, 1.165) is 24.7 Å². The minimum absolute atomic E-state index is 0.264. The molecule has 0 saturated carbocycles. The summed E-state index contributed by atoms with van der Waals surface area (Å²) in [5, 5.41) is 0.621. The second kappa shape index (κ2) is 4.78. The van der Waals surface area contributed by atoms with Gasteiger partial charge < -0.3 is 15.4 Å². The minimum Gasteiger partial charge on any atom is -0.481 e. The van der Waals surface area contributed by atoms with E-state index in [1.807, 2.05) is 17.8 Å². The molecule has 1 atom stereocenters. The number of nitrogen functional groups attached to an aromatic ring is 1. The molecule has 2 heterocycles. The molecular formula is C10H16N4OS. The van der Waals surface area contributed by atoms with E-state index in [9.17, 15) is 0 Å². The third-order valence-electron chi connectivity index (χ3n) is 2.48. The van der Waals surface area contributed by atoms with E-state index in [0.29, 0.717) is 11.1 Å². The topological polar surface area (TPSA) is 64.3 Å². The van der Waals surface area contributed by atoms with Crippen LogP contribution < -0.4 is 15.4 Å². The Morgan fingerprint density at radius 1 is 1.56 bits per heavy atom. The molecule has 16 heavy (non-hydrogen) atoms. The molecule has 1 saturated heterocycles. The van der Waals surface area contributed by atoms with Crippen molar-refractivity contribution in [1.82, 2.24) is 9.97 Å². The van der Waals surface area contributed by atoms with Crippen LogP contribution in [0.2, 0.25) is 0 Å². The molecule has 2 rings (SSSR count). The van der Waals surface area contributed by atoms with Gasteiger partial charge in [0, 0.05) is 30.2 Å². The Balaban J connectivity index is 2.21. The Hall–Kier alpha value is -1.17. The summed E-state index contributed by atoms with van der Waals surface area (Å²) in [6.45, 7) is 4.21. The molecule has 0 bridgehead atoms. The van der Waals surface area contributed by atoms with Crippen molar-refractivity contribution in [3.05, 3.63) is 6.07 Å². The summed E-state index contributed by atoms with van der Waals surface area (Å²) in [6.07, 6.45) is 0. The van der Waals surface area contributed by atoms with Crippen LogP contribution in [0, 0.1) is 0 Å². The standard InChI is InChI=1S/C10H16N4OS/c1-7-6-14(3-4-16-7)8-5-9(15-2)13-10(11)12-8/h5,7H,3-4,6H2,1-2H3,(H2,11,12,13). The van der Waals surface area contributed by atoms with Gasteiger partial charge in [-0.1, -0.05) is 6.92 Å². The van der Waals surface area contributed by atoms with Crippen molar-refractivity contribution in [3.63, 3.8) is 0 Å². The van der Waals surface area contributed by atoms with E-state index in [1.165, 1.54) is 0 Å². The fourth-order valence-corrected chi connectivity index (χ4v) is 2.74. The van der Waals surface area contributed by atoms with Crippen LogP contribution in [0.15, 0.2) is 6.07 Å². The summed E-state index contributed by atoms with van der Waals surface area (Å²) in [7, 11) is 1.58. The zero-order valence-electron chi connectivity index (χ0n) is 9.51. The monoisotopic (exact) mass is 240 g/mol. The highest BCUT2D eigenvalue weighted by Gasteiger charge is 2.19. The van der Waals surface area contributed by atoms with Crippen LogP contribution in [-0.4, -0.2) is 41.2 Å². The average molecular weight is 240 g/mol. The zero-order valence-corrected chi connectivity index (χ0v) is 10.3. The van der Waals surface area contributed by atoms with Crippen molar-refractivity contribution >= 4 is 23.5 Å². The second-order valence-electron chi connectivity index (χ2n) is 3.75. The van der Waals surface area contributed by atoms with Gasteiger partial charge in [0.15, 0.2) is 0 Å². The molecule has 0 aromatic carbocycles. The molecule has 88 valence electrons. The third-order valence-corrected chi connectivity index (χ3v) is 3.62. The Bertz CT molecular complexity index is 374. The van der Waals surface area contributed by atoms with Gasteiger partial charge in [-0.2, -0.15) is 21.7 Å². The lowest BCUT2D eigenvalue weighted by molar-refractivity contribution is 0.397. The van der Waals surface area contributed by atoms with Gasteiger partial charge in [-0.25, -0.2) is 0 Å². The number of nitrogens with two attached hydrogens (primary N) is 1. The van der Waals surface area contributed by atoms with Gasteiger partial charge in [0.1, 0.15) is 5.82 Å². The number of ether oxygens (including phenoxy) is 1. The van der Waals surface area contributed by atoms with Crippen molar-refractivity contribution in [2.24, 2.45) is 0 Å². The van der Waals surface area contributed by atoms with Crippen molar-refractivity contribution in [3.8, 4) is 5.88 Å². The number of hydrogen-bond acceptors (Lipinski definition) is 6. The first-order valence-electron chi connectivity index (χ1n) is 5.24. The molecule has 1 unspecified atom stereocenters. The highest BCUT2D eigenvalue weighted by Crippen LogP contribution is 2.24. The van der Waals surface area contributed by atoms with Crippen molar-refractivity contribution in [2.45, 2.75) is 12.2 Å². The first-order chi connectivity index (χ1) is 7.69. The molecule has 0 aliphatic carbocycles. The predicted octanol–water partition coefficient (Wildman–Crippen LogP) is 1.01. The molecule has 1 aromatic rings. The fourth-order valence-electron chi connectivity index (χ4n) is 1.72. The molecule has 1 aliphatic heterocycles. The molecule has 1 fully saturated rings. The number of anilines is 2. The largest absolute Gasteiger partial charge is 0.481 e. The van der Waals surface area contributed by atoms with Crippen LogP contribution in [0.4, 0.5) is 11.8 Å². The summed E-state index contributed by atoms with van der Waals surface area (Å²) in [6, 6.07) is 1.83. The average Bonchev–Trinajstić information content (AvgIpc) is 2.28.